The Balaban J connectivity index is 1.39. The first-order chi connectivity index (χ1) is 16.2. The number of methoxy groups -OCH3 is 1. The normalized spacial score (nSPS) is 24.2. The van der Waals surface area contributed by atoms with Gasteiger partial charge in [0, 0.05) is 7.11 Å². The molecule has 6 rings (SSSR count). The molecule has 0 saturated carbocycles. The molecule has 4 aromatic rings. The average molecular weight is 445 g/mol. The molecule has 0 amide bonds. The molecule has 33 heavy (non-hydrogen) atoms. The smallest absolute Gasteiger partial charge is 0.167 e. The van der Waals surface area contributed by atoms with E-state index in [1.54, 1.807) is 10.9 Å². The van der Waals surface area contributed by atoms with Crippen LogP contribution in [-0.4, -0.2) is 61.8 Å². The van der Waals surface area contributed by atoms with Gasteiger partial charge in [-0.15, -0.1) is 0 Å². The van der Waals surface area contributed by atoms with Gasteiger partial charge in [-0.05, 0) is 22.3 Å². The van der Waals surface area contributed by atoms with Crippen LogP contribution in [0.15, 0.2) is 61.2 Å². The lowest BCUT2D eigenvalue weighted by atomic mass is 10.1. The molecule has 9 heteroatoms. The Bertz CT molecular complexity index is 1280. The van der Waals surface area contributed by atoms with Gasteiger partial charge in [-0.3, -0.25) is 4.57 Å². The van der Waals surface area contributed by atoms with Gasteiger partial charge in [0.15, 0.2) is 23.2 Å². The number of ether oxygens (including phenoxy) is 2. The van der Waals surface area contributed by atoms with Gasteiger partial charge in [0.05, 0.1) is 19.0 Å². The third-order valence-electron chi connectivity index (χ3n) is 6.51. The van der Waals surface area contributed by atoms with Crippen LogP contribution < -0.4 is 5.32 Å². The second-order valence-corrected chi connectivity index (χ2v) is 8.24. The van der Waals surface area contributed by atoms with Gasteiger partial charge in [0.1, 0.15) is 24.6 Å². The van der Waals surface area contributed by atoms with Crippen LogP contribution in [-0.2, 0) is 9.47 Å². The first-order valence-corrected chi connectivity index (χ1v) is 10.8. The maximum atomic E-state index is 10.4. The minimum absolute atomic E-state index is 0.0734. The summed E-state index contributed by atoms with van der Waals surface area (Å²) in [5, 5.41) is 23.5. The molecule has 0 spiro atoms. The number of benzene rings is 2. The van der Waals surface area contributed by atoms with Gasteiger partial charge >= 0.3 is 0 Å². The second-order valence-electron chi connectivity index (χ2n) is 8.24. The van der Waals surface area contributed by atoms with Crippen LogP contribution in [0.4, 0.5) is 5.82 Å². The molecule has 3 heterocycles. The van der Waals surface area contributed by atoms with Gasteiger partial charge in [-0.1, -0.05) is 48.5 Å². The van der Waals surface area contributed by atoms with Crippen molar-refractivity contribution in [2.45, 2.75) is 30.6 Å². The highest BCUT2D eigenvalue weighted by Crippen LogP contribution is 2.45. The molecule has 1 aliphatic carbocycles. The summed E-state index contributed by atoms with van der Waals surface area (Å²) in [6, 6.07) is 16.6. The van der Waals surface area contributed by atoms with Crippen molar-refractivity contribution in [3.63, 3.8) is 0 Å². The van der Waals surface area contributed by atoms with E-state index in [1.807, 2.05) is 24.3 Å². The zero-order chi connectivity index (χ0) is 22.5. The Morgan fingerprint density at radius 2 is 1.73 bits per heavy atom. The van der Waals surface area contributed by atoms with Gasteiger partial charge < -0.3 is 25.0 Å². The topological polar surface area (TPSA) is 115 Å². The standard InChI is InChI=1S/C24H23N5O4/c1-32-21-20(31)17(10-30)33-24(21)29-12-27-19-22(25-11-26-23(19)29)28-18-15-8-4-2-6-13(15)14-7-3-5-9-16(14)18/h2-9,11-12,17-18,20-21,24,30-31H,10H2,1H3,(H,25,26,28)/t17-,20?,21?,24-/m1/s1. The number of fused-ring (bicyclic) bond motifs is 4. The molecular weight excluding hydrogens is 422 g/mol. The summed E-state index contributed by atoms with van der Waals surface area (Å²) < 4.78 is 13.0. The Morgan fingerprint density at radius 3 is 2.39 bits per heavy atom. The van der Waals surface area contributed by atoms with E-state index in [0.717, 1.165) is 0 Å². The van der Waals surface area contributed by atoms with Gasteiger partial charge in [0.25, 0.3) is 0 Å². The van der Waals surface area contributed by atoms with Crippen LogP contribution in [0.2, 0.25) is 0 Å². The highest BCUT2D eigenvalue weighted by atomic mass is 16.6. The molecule has 168 valence electrons. The Labute approximate surface area is 189 Å². The Hall–Kier alpha value is -3.37. The third-order valence-corrected chi connectivity index (χ3v) is 6.51. The fourth-order valence-electron chi connectivity index (χ4n) is 4.94. The van der Waals surface area contributed by atoms with E-state index in [1.165, 1.54) is 35.7 Å². The number of nitrogens with zero attached hydrogens (tertiary/aromatic N) is 4. The van der Waals surface area contributed by atoms with E-state index < -0.39 is 24.5 Å². The van der Waals surface area contributed by atoms with Crippen LogP contribution in [0.25, 0.3) is 22.3 Å². The molecule has 1 fully saturated rings. The second kappa shape index (κ2) is 7.89. The molecule has 2 unspecified atom stereocenters. The van der Waals surface area contributed by atoms with Crippen molar-refractivity contribution >= 4 is 17.0 Å². The maximum absolute atomic E-state index is 10.4. The predicted octanol–water partition coefficient (Wildman–Crippen LogP) is 2.27. The van der Waals surface area contributed by atoms with Crippen LogP contribution >= 0.6 is 0 Å². The van der Waals surface area contributed by atoms with E-state index in [-0.39, 0.29) is 12.6 Å². The highest BCUT2D eigenvalue weighted by molar-refractivity contribution is 5.85. The quantitative estimate of drug-likeness (QED) is 0.429. The summed E-state index contributed by atoms with van der Waals surface area (Å²) in [5.41, 5.74) is 5.89. The minimum Gasteiger partial charge on any atom is -0.394 e. The Morgan fingerprint density at radius 1 is 1.03 bits per heavy atom. The van der Waals surface area contributed by atoms with Crippen molar-refractivity contribution in [3.05, 3.63) is 72.3 Å². The molecule has 2 aromatic carbocycles. The highest BCUT2D eigenvalue weighted by Gasteiger charge is 2.45. The zero-order valence-corrected chi connectivity index (χ0v) is 17.9. The third kappa shape index (κ3) is 3.05. The minimum atomic E-state index is -0.964. The first kappa shape index (κ1) is 20.3. The van der Waals surface area contributed by atoms with Crippen LogP contribution in [0.3, 0.4) is 0 Å². The molecule has 2 aliphatic rings. The summed E-state index contributed by atoms with van der Waals surface area (Å²) in [4.78, 5) is 13.5. The molecule has 3 N–H and O–H groups in total. The first-order valence-electron chi connectivity index (χ1n) is 10.8. The van der Waals surface area contributed by atoms with Crippen molar-refractivity contribution in [1.29, 1.82) is 0 Å². The van der Waals surface area contributed by atoms with Crippen molar-refractivity contribution in [2.75, 3.05) is 19.0 Å². The SMILES string of the molecule is COC1C(O)[C@@H](CO)O[C@H]1n1cnc2c(NC3c4ccccc4-c4ccccc43)ncnc21. The van der Waals surface area contributed by atoms with Crippen LogP contribution in [0.5, 0.6) is 0 Å². The summed E-state index contributed by atoms with van der Waals surface area (Å²) in [5.74, 6) is 0.599. The predicted molar refractivity (Wildman–Crippen MR) is 120 cm³/mol. The zero-order valence-electron chi connectivity index (χ0n) is 17.9. The number of imidazole rings is 1. The van der Waals surface area contributed by atoms with Crippen molar-refractivity contribution in [3.8, 4) is 11.1 Å². The number of aromatic nitrogens is 4. The van der Waals surface area contributed by atoms with E-state index in [4.69, 9.17) is 9.47 Å². The number of anilines is 1. The number of hydrogen-bond donors (Lipinski definition) is 3. The summed E-state index contributed by atoms with van der Waals surface area (Å²) in [6.07, 6.45) is 0.0235. The molecule has 1 saturated heterocycles. The number of aliphatic hydroxyl groups is 2. The van der Waals surface area contributed by atoms with E-state index >= 15 is 0 Å². The van der Waals surface area contributed by atoms with Gasteiger partial charge in [0.2, 0.25) is 0 Å². The number of nitrogens with one attached hydrogen (secondary N) is 1. The fraction of sp³-hybridized carbons (Fsp3) is 0.292. The van der Waals surface area contributed by atoms with E-state index in [9.17, 15) is 10.2 Å². The van der Waals surface area contributed by atoms with E-state index in [2.05, 4.69) is 44.5 Å². The molecule has 1 aliphatic heterocycles. The van der Waals surface area contributed by atoms with Crippen molar-refractivity contribution in [1.82, 2.24) is 19.5 Å². The molecule has 2 aromatic heterocycles. The lowest BCUT2D eigenvalue weighted by Crippen LogP contribution is -2.34. The number of rotatable bonds is 5. The average Bonchev–Trinajstić information content (AvgIpc) is 3.52. The number of aliphatic hydroxyl groups excluding tert-OH is 2. The maximum Gasteiger partial charge on any atom is 0.167 e. The van der Waals surface area contributed by atoms with Crippen molar-refractivity contribution < 1.29 is 19.7 Å². The van der Waals surface area contributed by atoms with Gasteiger partial charge in [-0.25, -0.2) is 15.0 Å². The largest absolute Gasteiger partial charge is 0.394 e. The molecule has 0 radical (unpaired) electrons. The lowest BCUT2D eigenvalue weighted by Gasteiger charge is -2.20. The molecule has 4 atom stereocenters. The van der Waals surface area contributed by atoms with Crippen LogP contribution in [0, 0.1) is 0 Å². The van der Waals surface area contributed by atoms with E-state index in [0.29, 0.717) is 17.0 Å². The molecule has 0 bridgehead atoms. The molecular formula is C24H23N5O4. The summed E-state index contributed by atoms with van der Waals surface area (Å²) >= 11 is 0. The summed E-state index contributed by atoms with van der Waals surface area (Å²) in [6.45, 7) is -0.313. The van der Waals surface area contributed by atoms with Gasteiger partial charge in [-0.2, -0.15) is 0 Å². The van der Waals surface area contributed by atoms with Crippen molar-refractivity contribution in [2.24, 2.45) is 0 Å². The fourth-order valence-corrected chi connectivity index (χ4v) is 4.94. The monoisotopic (exact) mass is 445 g/mol. The Kier molecular flexibility index (Phi) is 4.84. The summed E-state index contributed by atoms with van der Waals surface area (Å²) in [7, 11) is 1.50. The van der Waals surface area contributed by atoms with Crippen LogP contribution in [0.1, 0.15) is 23.4 Å². The lowest BCUT2D eigenvalue weighted by molar-refractivity contribution is -0.0583. The molecule has 9 nitrogen and oxygen atoms in total. The number of hydrogen-bond acceptors (Lipinski definition) is 8.